The number of hydrogen-bond donors (Lipinski definition) is 0. The molecular formula is C23H24N2O7S2. The van der Waals surface area contributed by atoms with E-state index >= 15 is 0 Å². The van der Waals surface area contributed by atoms with E-state index in [1.54, 1.807) is 35.8 Å². The molecule has 0 N–H and O–H groups in total. The number of benzene rings is 2. The van der Waals surface area contributed by atoms with Crippen molar-refractivity contribution in [3.8, 4) is 11.5 Å². The maximum atomic E-state index is 12.7. The lowest BCUT2D eigenvalue weighted by molar-refractivity contribution is -0.143. The van der Waals surface area contributed by atoms with E-state index in [1.165, 1.54) is 23.5 Å². The Morgan fingerprint density at radius 1 is 1.12 bits per heavy atom. The molecule has 0 fully saturated rings. The van der Waals surface area contributed by atoms with Gasteiger partial charge in [-0.05, 0) is 26.0 Å². The summed E-state index contributed by atoms with van der Waals surface area (Å²) in [4.78, 5) is 29.1. The van der Waals surface area contributed by atoms with Gasteiger partial charge in [-0.2, -0.15) is 4.99 Å². The zero-order chi connectivity index (χ0) is 24.3. The Labute approximate surface area is 200 Å². The summed E-state index contributed by atoms with van der Waals surface area (Å²) in [7, 11) is -3.85. The molecule has 2 heterocycles. The fourth-order valence-electron chi connectivity index (χ4n) is 3.47. The molecule has 180 valence electrons. The molecule has 0 saturated heterocycles. The van der Waals surface area contributed by atoms with E-state index in [1.807, 2.05) is 6.92 Å². The van der Waals surface area contributed by atoms with Crippen molar-refractivity contribution >= 4 is 43.3 Å². The molecule has 2 aromatic carbocycles. The number of amides is 1. The first-order valence-corrected chi connectivity index (χ1v) is 13.2. The quantitative estimate of drug-likeness (QED) is 0.455. The fourth-order valence-corrected chi connectivity index (χ4v) is 5.67. The number of carbonyl (C=O) groups is 2. The van der Waals surface area contributed by atoms with Gasteiger partial charge in [-0.15, -0.1) is 0 Å². The van der Waals surface area contributed by atoms with Crippen LogP contribution >= 0.6 is 11.3 Å². The van der Waals surface area contributed by atoms with Crippen LogP contribution < -0.4 is 14.3 Å². The summed E-state index contributed by atoms with van der Waals surface area (Å²) in [5.41, 5.74) is 1.62. The molecule has 0 saturated carbocycles. The summed E-state index contributed by atoms with van der Waals surface area (Å²) in [6.07, 6.45) is 0.0666. The number of nitrogens with zero attached hydrogens (tertiary/aromatic N) is 2. The van der Waals surface area contributed by atoms with Gasteiger partial charge in [0.2, 0.25) is 0 Å². The van der Waals surface area contributed by atoms with E-state index in [-0.39, 0.29) is 35.2 Å². The summed E-state index contributed by atoms with van der Waals surface area (Å²) in [6, 6.07) is 9.87. The molecule has 1 aromatic heterocycles. The van der Waals surface area contributed by atoms with Gasteiger partial charge in [0, 0.05) is 18.7 Å². The highest BCUT2D eigenvalue weighted by Gasteiger charge is 2.21. The predicted octanol–water partition coefficient (Wildman–Crippen LogP) is 2.64. The van der Waals surface area contributed by atoms with Crippen LogP contribution in [0.15, 0.2) is 46.3 Å². The number of ether oxygens (including phenoxy) is 3. The molecule has 0 unspecified atom stereocenters. The number of fused-ring (bicyclic) bond motifs is 2. The first kappa shape index (κ1) is 24.0. The van der Waals surface area contributed by atoms with Crippen LogP contribution in [0.2, 0.25) is 0 Å². The lowest BCUT2D eigenvalue weighted by atomic mass is 10.2. The highest BCUT2D eigenvalue weighted by molar-refractivity contribution is 7.92. The SMILES string of the molecule is CCOC(=O)CCn1c(=NC(=O)CS(=O)(=O)c2ccc(C)cc2)sc2cc3c(cc21)OCCO3. The van der Waals surface area contributed by atoms with Crippen molar-refractivity contribution in [3.05, 3.63) is 46.8 Å². The van der Waals surface area contributed by atoms with Gasteiger partial charge in [-0.25, -0.2) is 8.42 Å². The Morgan fingerprint density at radius 2 is 1.79 bits per heavy atom. The number of aromatic nitrogens is 1. The Morgan fingerprint density at radius 3 is 2.47 bits per heavy atom. The standard InChI is InChI=1S/C23H24N2O7S2/c1-3-30-22(27)8-9-25-17-12-18-19(32-11-10-31-18)13-20(17)33-23(25)24-21(26)14-34(28,29)16-6-4-15(2)5-7-16/h4-7,12-13H,3,8-11,14H2,1-2H3. The van der Waals surface area contributed by atoms with Crippen LogP contribution in [-0.2, 0) is 30.7 Å². The van der Waals surface area contributed by atoms with E-state index in [0.717, 1.165) is 10.3 Å². The number of aryl methyl sites for hydroxylation is 2. The van der Waals surface area contributed by atoms with Crippen LogP contribution in [0.5, 0.6) is 11.5 Å². The molecule has 3 aromatic rings. The maximum Gasteiger partial charge on any atom is 0.307 e. The number of sulfone groups is 1. The Bertz CT molecular complexity index is 1400. The van der Waals surface area contributed by atoms with Crippen LogP contribution in [0.1, 0.15) is 18.9 Å². The third-order valence-corrected chi connectivity index (χ3v) is 7.76. The van der Waals surface area contributed by atoms with Gasteiger partial charge in [0.05, 0.1) is 28.1 Å². The Kier molecular flexibility index (Phi) is 7.03. The molecule has 0 radical (unpaired) electrons. The van der Waals surface area contributed by atoms with E-state index in [9.17, 15) is 18.0 Å². The number of rotatable bonds is 7. The largest absolute Gasteiger partial charge is 0.486 e. The monoisotopic (exact) mass is 504 g/mol. The van der Waals surface area contributed by atoms with E-state index < -0.39 is 21.5 Å². The Balaban J connectivity index is 1.70. The molecule has 0 spiro atoms. The van der Waals surface area contributed by atoms with Crippen molar-refractivity contribution in [1.29, 1.82) is 0 Å². The molecule has 0 atom stereocenters. The van der Waals surface area contributed by atoms with Gasteiger partial charge in [0.25, 0.3) is 5.91 Å². The normalized spacial score (nSPS) is 13.8. The third-order valence-electron chi connectivity index (χ3n) is 5.11. The summed E-state index contributed by atoms with van der Waals surface area (Å²) in [6.45, 7) is 4.88. The smallest absolute Gasteiger partial charge is 0.307 e. The maximum absolute atomic E-state index is 12.7. The summed E-state index contributed by atoms with van der Waals surface area (Å²) < 4.78 is 44.1. The lowest BCUT2D eigenvalue weighted by Crippen LogP contribution is -2.22. The van der Waals surface area contributed by atoms with Crippen molar-refractivity contribution in [2.45, 2.75) is 31.7 Å². The first-order chi connectivity index (χ1) is 16.3. The van der Waals surface area contributed by atoms with Gasteiger partial charge >= 0.3 is 5.97 Å². The number of carbonyl (C=O) groups excluding carboxylic acids is 2. The van der Waals surface area contributed by atoms with Crippen molar-refractivity contribution in [2.75, 3.05) is 25.6 Å². The average Bonchev–Trinajstić information content (AvgIpc) is 3.11. The molecule has 0 aliphatic carbocycles. The van der Waals surface area contributed by atoms with Crippen LogP contribution in [0.3, 0.4) is 0 Å². The predicted molar refractivity (Wildman–Crippen MR) is 126 cm³/mol. The van der Waals surface area contributed by atoms with Crippen molar-refractivity contribution < 1.29 is 32.2 Å². The fraction of sp³-hybridized carbons (Fsp3) is 0.348. The molecule has 1 aliphatic heterocycles. The molecular weight excluding hydrogens is 480 g/mol. The minimum Gasteiger partial charge on any atom is -0.486 e. The van der Waals surface area contributed by atoms with Crippen molar-refractivity contribution in [3.63, 3.8) is 0 Å². The number of esters is 1. The zero-order valence-corrected chi connectivity index (χ0v) is 20.4. The second-order valence-corrected chi connectivity index (χ2v) is 10.6. The van der Waals surface area contributed by atoms with Crippen LogP contribution in [0, 0.1) is 6.92 Å². The second-order valence-electron chi connectivity index (χ2n) is 7.63. The molecule has 34 heavy (non-hydrogen) atoms. The highest BCUT2D eigenvalue weighted by Crippen LogP contribution is 2.35. The zero-order valence-electron chi connectivity index (χ0n) is 18.8. The molecule has 1 amide bonds. The molecule has 9 nitrogen and oxygen atoms in total. The third kappa shape index (κ3) is 5.31. The van der Waals surface area contributed by atoms with Gasteiger partial charge in [-0.3, -0.25) is 9.59 Å². The minimum atomic E-state index is -3.85. The minimum absolute atomic E-state index is 0.0650. The van der Waals surface area contributed by atoms with Crippen LogP contribution in [-0.4, -0.2) is 50.4 Å². The Hall–Kier alpha value is -3.18. The molecule has 1 aliphatic rings. The topological polar surface area (TPSA) is 113 Å². The summed E-state index contributed by atoms with van der Waals surface area (Å²) in [5.74, 6) is -0.802. The highest BCUT2D eigenvalue weighted by atomic mass is 32.2. The summed E-state index contributed by atoms with van der Waals surface area (Å²) >= 11 is 1.21. The van der Waals surface area contributed by atoms with Gasteiger partial charge in [0.1, 0.15) is 19.0 Å². The van der Waals surface area contributed by atoms with Gasteiger partial charge < -0.3 is 18.8 Å². The van der Waals surface area contributed by atoms with Crippen LogP contribution in [0.25, 0.3) is 10.2 Å². The van der Waals surface area contributed by atoms with Crippen molar-refractivity contribution in [1.82, 2.24) is 4.57 Å². The van der Waals surface area contributed by atoms with Crippen molar-refractivity contribution in [2.24, 2.45) is 4.99 Å². The first-order valence-electron chi connectivity index (χ1n) is 10.7. The molecule has 4 rings (SSSR count). The van der Waals surface area contributed by atoms with Gasteiger partial charge in [0.15, 0.2) is 26.1 Å². The van der Waals surface area contributed by atoms with E-state index in [4.69, 9.17) is 14.2 Å². The summed E-state index contributed by atoms with van der Waals surface area (Å²) in [5, 5.41) is 0. The average molecular weight is 505 g/mol. The second kappa shape index (κ2) is 9.98. The van der Waals surface area contributed by atoms with Crippen LogP contribution in [0.4, 0.5) is 0 Å². The number of thiazole rings is 1. The van der Waals surface area contributed by atoms with Gasteiger partial charge in [-0.1, -0.05) is 29.0 Å². The molecule has 11 heteroatoms. The van der Waals surface area contributed by atoms with E-state index in [2.05, 4.69) is 4.99 Å². The van der Waals surface area contributed by atoms with E-state index in [0.29, 0.717) is 30.2 Å². The molecule has 0 bridgehead atoms. The number of hydrogen-bond acceptors (Lipinski definition) is 8. The lowest BCUT2D eigenvalue weighted by Gasteiger charge is -2.18.